The molecule has 0 radical (unpaired) electrons. The zero-order chi connectivity index (χ0) is 13.8. The molecule has 0 fully saturated rings. The molecule has 1 unspecified atom stereocenters. The van der Waals surface area contributed by atoms with Crippen LogP contribution in [-0.4, -0.2) is 31.6 Å². The van der Waals surface area contributed by atoms with Gasteiger partial charge in [-0.3, -0.25) is 9.59 Å². The van der Waals surface area contributed by atoms with Crippen LogP contribution in [0.5, 0.6) is 5.75 Å². The molecule has 1 aliphatic rings. The number of hydrogen-bond acceptors (Lipinski definition) is 5. The monoisotopic (exact) mass is 264 g/mol. The number of benzene rings is 1. The van der Waals surface area contributed by atoms with Gasteiger partial charge >= 0.3 is 5.97 Å². The molecular formula is C13H16N2O4. The van der Waals surface area contributed by atoms with E-state index in [1.165, 1.54) is 7.11 Å². The summed E-state index contributed by atoms with van der Waals surface area (Å²) in [5, 5.41) is 2.73. The molecular weight excluding hydrogens is 248 g/mol. The number of nitrogens with one attached hydrogen (secondary N) is 1. The van der Waals surface area contributed by atoms with E-state index in [1.807, 2.05) is 12.1 Å². The van der Waals surface area contributed by atoms with Crippen LogP contribution in [0.4, 0.5) is 5.69 Å². The Labute approximate surface area is 110 Å². The van der Waals surface area contributed by atoms with Crippen molar-refractivity contribution in [2.24, 2.45) is 5.73 Å². The number of rotatable bonds is 4. The van der Waals surface area contributed by atoms with Crippen LogP contribution in [0.2, 0.25) is 0 Å². The molecule has 3 N–H and O–H groups in total. The minimum absolute atomic E-state index is 0.0359. The lowest BCUT2D eigenvalue weighted by Gasteiger charge is -2.19. The van der Waals surface area contributed by atoms with E-state index >= 15 is 0 Å². The lowest BCUT2D eigenvalue weighted by molar-refractivity contribution is -0.141. The number of nitrogens with two attached hydrogens (primary N) is 1. The van der Waals surface area contributed by atoms with Gasteiger partial charge in [-0.15, -0.1) is 0 Å². The first kappa shape index (κ1) is 13.4. The summed E-state index contributed by atoms with van der Waals surface area (Å²) in [5.41, 5.74) is 7.44. The highest BCUT2D eigenvalue weighted by atomic mass is 16.5. The quantitative estimate of drug-likeness (QED) is 0.770. The molecule has 1 aromatic rings. The van der Waals surface area contributed by atoms with Crippen LogP contribution < -0.4 is 15.8 Å². The van der Waals surface area contributed by atoms with E-state index in [0.29, 0.717) is 17.9 Å². The SMILES string of the molecule is COC(=O)CC(N)Cc1ccc2c(c1)NC(=O)CO2. The molecule has 102 valence electrons. The van der Waals surface area contributed by atoms with Gasteiger partial charge in [-0.2, -0.15) is 0 Å². The van der Waals surface area contributed by atoms with Crippen molar-refractivity contribution in [2.45, 2.75) is 18.9 Å². The van der Waals surface area contributed by atoms with Crippen LogP contribution in [0.25, 0.3) is 0 Å². The van der Waals surface area contributed by atoms with Crippen LogP contribution in [-0.2, 0) is 20.7 Å². The van der Waals surface area contributed by atoms with Gasteiger partial charge in [0, 0.05) is 6.04 Å². The van der Waals surface area contributed by atoms with E-state index in [-0.39, 0.29) is 30.9 Å². The van der Waals surface area contributed by atoms with Crippen LogP contribution in [0.15, 0.2) is 18.2 Å². The number of ether oxygens (including phenoxy) is 2. The number of esters is 1. The Morgan fingerprint density at radius 2 is 2.37 bits per heavy atom. The topological polar surface area (TPSA) is 90.6 Å². The Kier molecular flexibility index (Phi) is 4.01. The summed E-state index contributed by atoms with van der Waals surface area (Å²) in [5.74, 6) is 0.135. The number of methoxy groups -OCH3 is 1. The van der Waals surface area contributed by atoms with E-state index in [2.05, 4.69) is 10.1 Å². The molecule has 1 aliphatic heterocycles. The van der Waals surface area contributed by atoms with Crippen LogP contribution in [0, 0.1) is 0 Å². The van der Waals surface area contributed by atoms with Gasteiger partial charge in [0.25, 0.3) is 5.91 Å². The number of carbonyl (C=O) groups is 2. The van der Waals surface area contributed by atoms with Crippen molar-refractivity contribution < 1.29 is 19.1 Å². The van der Waals surface area contributed by atoms with Crippen molar-refractivity contribution >= 4 is 17.6 Å². The van der Waals surface area contributed by atoms with E-state index in [4.69, 9.17) is 10.5 Å². The Hall–Kier alpha value is -2.08. The number of anilines is 1. The van der Waals surface area contributed by atoms with Gasteiger partial charge in [-0.25, -0.2) is 0 Å². The van der Waals surface area contributed by atoms with Gasteiger partial charge < -0.3 is 20.5 Å². The van der Waals surface area contributed by atoms with Gasteiger partial charge in [0.05, 0.1) is 19.2 Å². The maximum atomic E-state index is 11.2. The van der Waals surface area contributed by atoms with Gasteiger partial charge in [-0.05, 0) is 24.1 Å². The highest BCUT2D eigenvalue weighted by molar-refractivity contribution is 5.95. The summed E-state index contributed by atoms with van der Waals surface area (Å²) >= 11 is 0. The van der Waals surface area contributed by atoms with Crippen molar-refractivity contribution in [1.29, 1.82) is 0 Å². The third kappa shape index (κ3) is 3.45. The first-order chi connectivity index (χ1) is 9.08. The molecule has 1 atom stereocenters. The third-order valence-corrected chi connectivity index (χ3v) is 2.83. The number of hydrogen-bond donors (Lipinski definition) is 2. The number of amides is 1. The summed E-state index contributed by atoms with van der Waals surface area (Å²) in [7, 11) is 1.33. The Balaban J connectivity index is 2.03. The predicted molar refractivity (Wildman–Crippen MR) is 68.9 cm³/mol. The van der Waals surface area contributed by atoms with Crippen LogP contribution >= 0.6 is 0 Å². The smallest absolute Gasteiger partial charge is 0.307 e. The lowest BCUT2D eigenvalue weighted by Crippen LogP contribution is -2.27. The van der Waals surface area contributed by atoms with Crippen molar-refractivity contribution in [3.8, 4) is 5.75 Å². The van der Waals surface area contributed by atoms with Crippen molar-refractivity contribution in [2.75, 3.05) is 19.0 Å². The van der Waals surface area contributed by atoms with E-state index < -0.39 is 0 Å². The molecule has 0 spiro atoms. The molecule has 1 amide bonds. The summed E-state index contributed by atoms with van der Waals surface area (Å²) in [4.78, 5) is 22.3. The first-order valence-electron chi connectivity index (χ1n) is 5.96. The second-order valence-corrected chi connectivity index (χ2v) is 4.41. The van der Waals surface area contributed by atoms with Gasteiger partial charge in [0.1, 0.15) is 5.75 Å². The van der Waals surface area contributed by atoms with Gasteiger partial charge in [0.2, 0.25) is 0 Å². The number of fused-ring (bicyclic) bond motifs is 1. The molecule has 0 bridgehead atoms. The Morgan fingerprint density at radius 3 is 3.11 bits per heavy atom. The fraction of sp³-hybridized carbons (Fsp3) is 0.385. The fourth-order valence-corrected chi connectivity index (χ4v) is 1.93. The molecule has 0 aromatic heterocycles. The van der Waals surface area contributed by atoms with Gasteiger partial charge in [0.15, 0.2) is 6.61 Å². The van der Waals surface area contributed by atoms with Crippen molar-refractivity contribution in [3.63, 3.8) is 0 Å². The highest BCUT2D eigenvalue weighted by Gasteiger charge is 2.17. The highest BCUT2D eigenvalue weighted by Crippen LogP contribution is 2.28. The zero-order valence-corrected chi connectivity index (χ0v) is 10.6. The molecule has 1 aromatic carbocycles. The van der Waals surface area contributed by atoms with Gasteiger partial charge in [-0.1, -0.05) is 6.07 Å². The second-order valence-electron chi connectivity index (χ2n) is 4.41. The lowest BCUT2D eigenvalue weighted by atomic mass is 10.0. The third-order valence-electron chi connectivity index (χ3n) is 2.83. The normalized spacial score (nSPS) is 14.9. The molecule has 6 heteroatoms. The number of carbonyl (C=O) groups excluding carboxylic acids is 2. The minimum atomic E-state index is -0.331. The zero-order valence-electron chi connectivity index (χ0n) is 10.6. The Bertz CT molecular complexity index is 501. The average Bonchev–Trinajstić information content (AvgIpc) is 2.37. The molecule has 6 nitrogen and oxygen atoms in total. The standard InChI is InChI=1S/C13H16N2O4/c1-18-13(17)6-9(14)4-8-2-3-11-10(5-8)15-12(16)7-19-11/h2-3,5,9H,4,6-7,14H2,1H3,(H,15,16). The minimum Gasteiger partial charge on any atom is -0.482 e. The maximum absolute atomic E-state index is 11.2. The Morgan fingerprint density at radius 1 is 1.58 bits per heavy atom. The summed E-state index contributed by atoms with van der Waals surface area (Å²) in [6.07, 6.45) is 0.689. The molecule has 1 heterocycles. The molecule has 0 saturated heterocycles. The molecule has 19 heavy (non-hydrogen) atoms. The predicted octanol–water partition coefficient (Wildman–Crippen LogP) is 0.450. The van der Waals surface area contributed by atoms with E-state index in [9.17, 15) is 9.59 Å². The first-order valence-corrected chi connectivity index (χ1v) is 5.96. The summed E-state index contributed by atoms with van der Waals surface area (Å²) < 4.78 is 9.83. The fourth-order valence-electron chi connectivity index (χ4n) is 1.93. The van der Waals surface area contributed by atoms with Crippen molar-refractivity contribution in [1.82, 2.24) is 0 Å². The largest absolute Gasteiger partial charge is 0.482 e. The molecule has 0 aliphatic carbocycles. The van der Waals surface area contributed by atoms with E-state index in [1.54, 1.807) is 6.07 Å². The summed E-state index contributed by atoms with van der Waals surface area (Å²) in [6.45, 7) is 0.0359. The van der Waals surface area contributed by atoms with Crippen LogP contribution in [0.1, 0.15) is 12.0 Å². The summed E-state index contributed by atoms with van der Waals surface area (Å²) in [6, 6.07) is 5.15. The second kappa shape index (κ2) is 5.71. The van der Waals surface area contributed by atoms with E-state index in [0.717, 1.165) is 5.56 Å². The van der Waals surface area contributed by atoms with Crippen molar-refractivity contribution in [3.05, 3.63) is 23.8 Å². The molecule has 2 rings (SSSR count). The maximum Gasteiger partial charge on any atom is 0.307 e. The van der Waals surface area contributed by atoms with Crippen LogP contribution in [0.3, 0.4) is 0 Å². The molecule has 0 saturated carbocycles. The average molecular weight is 264 g/mol.